The van der Waals surface area contributed by atoms with Gasteiger partial charge in [-0.1, -0.05) is 40.6 Å². The number of thiophene rings is 1. The van der Waals surface area contributed by atoms with E-state index in [1.165, 1.54) is 27.6 Å². The monoisotopic (exact) mass is 486 g/mol. The zero-order valence-electron chi connectivity index (χ0n) is 15.6. The average molecular weight is 487 g/mol. The van der Waals surface area contributed by atoms with Crippen LogP contribution in [-0.2, 0) is 9.59 Å². The zero-order valence-corrected chi connectivity index (χ0v) is 18.7. The lowest BCUT2D eigenvalue weighted by Gasteiger charge is -2.21. The van der Waals surface area contributed by atoms with E-state index < -0.39 is 17.7 Å². The predicted molar refractivity (Wildman–Crippen MR) is 125 cm³/mol. The van der Waals surface area contributed by atoms with Crippen molar-refractivity contribution in [2.24, 2.45) is 0 Å². The van der Waals surface area contributed by atoms with E-state index in [0.717, 1.165) is 9.58 Å². The molecule has 9 heteroatoms. The van der Waals surface area contributed by atoms with E-state index in [0.29, 0.717) is 26.3 Å². The van der Waals surface area contributed by atoms with Crippen molar-refractivity contribution in [1.29, 1.82) is 0 Å². The summed E-state index contributed by atoms with van der Waals surface area (Å²) in [7, 11) is 0. The van der Waals surface area contributed by atoms with E-state index in [4.69, 9.17) is 23.2 Å². The normalized spacial score (nSPS) is 18.3. The van der Waals surface area contributed by atoms with E-state index in [1.807, 2.05) is 17.5 Å². The third-order valence-electron chi connectivity index (χ3n) is 4.92. The van der Waals surface area contributed by atoms with Gasteiger partial charge in [0, 0.05) is 20.5 Å². The van der Waals surface area contributed by atoms with Crippen molar-refractivity contribution in [2.45, 2.75) is 6.04 Å². The van der Waals surface area contributed by atoms with Crippen LogP contribution in [0.1, 0.15) is 16.5 Å². The lowest BCUT2D eigenvalue weighted by molar-refractivity contribution is -0.132. The maximum atomic E-state index is 13.1. The van der Waals surface area contributed by atoms with Crippen molar-refractivity contribution in [1.82, 2.24) is 4.98 Å². The number of aliphatic hydroxyl groups is 1. The maximum Gasteiger partial charge on any atom is 0.301 e. The number of ketones is 1. The van der Waals surface area contributed by atoms with Crippen LogP contribution in [0.15, 0.2) is 65.6 Å². The van der Waals surface area contributed by atoms with Gasteiger partial charge >= 0.3 is 5.91 Å². The number of rotatable bonds is 3. The van der Waals surface area contributed by atoms with E-state index in [1.54, 1.807) is 42.5 Å². The number of anilines is 1. The SMILES string of the molecule is O=C1C(=O)N(c2nc3ccc(Cl)cc3s2)C(c2cccs2)/C1=C(\O)c1ccc(Cl)cc1. The first kappa shape index (κ1) is 20.2. The van der Waals surface area contributed by atoms with E-state index >= 15 is 0 Å². The molecule has 31 heavy (non-hydrogen) atoms. The molecular weight excluding hydrogens is 475 g/mol. The molecule has 1 amide bonds. The molecule has 0 saturated carbocycles. The van der Waals surface area contributed by atoms with Crippen molar-refractivity contribution in [2.75, 3.05) is 4.90 Å². The van der Waals surface area contributed by atoms with Gasteiger partial charge in [0.05, 0.1) is 15.8 Å². The predicted octanol–water partition coefficient (Wildman–Crippen LogP) is 6.29. The Labute approximate surface area is 194 Å². The second kappa shape index (κ2) is 7.76. The number of nitrogens with zero attached hydrogens (tertiary/aromatic N) is 2. The Morgan fingerprint density at radius 3 is 2.48 bits per heavy atom. The summed E-state index contributed by atoms with van der Waals surface area (Å²) >= 11 is 14.7. The first-order valence-corrected chi connectivity index (χ1v) is 11.6. The molecule has 1 saturated heterocycles. The number of hydrogen-bond acceptors (Lipinski definition) is 6. The Bertz CT molecular complexity index is 1360. The summed E-state index contributed by atoms with van der Waals surface area (Å²) in [5.74, 6) is -1.75. The van der Waals surface area contributed by atoms with Gasteiger partial charge in [-0.15, -0.1) is 11.3 Å². The number of Topliss-reactive ketones (excluding diaryl/α,β-unsaturated/α-hetero) is 1. The van der Waals surface area contributed by atoms with Crippen LogP contribution in [0.2, 0.25) is 10.0 Å². The van der Waals surface area contributed by atoms with Crippen LogP contribution in [0.25, 0.3) is 16.0 Å². The molecule has 2 aromatic carbocycles. The van der Waals surface area contributed by atoms with Crippen molar-refractivity contribution in [3.63, 3.8) is 0 Å². The highest BCUT2D eigenvalue weighted by atomic mass is 35.5. The minimum Gasteiger partial charge on any atom is -0.507 e. The van der Waals surface area contributed by atoms with Crippen molar-refractivity contribution in [3.05, 3.63) is 86.0 Å². The zero-order chi connectivity index (χ0) is 21.7. The molecule has 0 spiro atoms. The highest BCUT2D eigenvalue weighted by Crippen LogP contribution is 2.45. The minimum atomic E-state index is -0.785. The number of carbonyl (C=O) groups is 2. The summed E-state index contributed by atoms with van der Waals surface area (Å²) in [6.07, 6.45) is 0. The van der Waals surface area contributed by atoms with E-state index in [2.05, 4.69) is 4.98 Å². The molecule has 3 heterocycles. The lowest BCUT2D eigenvalue weighted by Crippen LogP contribution is -2.28. The number of aromatic nitrogens is 1. The van der Waals surface area contributed by atoms with Gasteiger partial charge in [0.25, 0.3) is 5.78 Å². The topological polar surface area (TPSA) is 70.5 Å². The van der Waals surface area contributed by atoms with Crippen LogP contribution in [-0.4, -0.2) is 21.8 Å². The van der Waals surface area contributed by atoms with E-state index in [9.17, 15) is 14.7 Å². The fourth-order valence-electron chi connectivity index (χ4n) is 3.50. The number of thiazole rings is 1. The van der Waals surface area contributed by atoms with Gasteiger partial charge in [-0.25, -0.2) is 4.98 Å². The number of halogens is 2. The van der Waals surface area contributed by atoms with Gasteiger partial charge in [-0.2, -0.15) is 0 Å². The van der Waals surface area contributed by atoms with Gasteiger partial charge in [0.1, 0.15) is 11.8 Å². The molecule has 1 fully saturated rings. The Morgan fingerprint density at radius 1 is 1.03 bits per heavy atom. The molecule has 2 aromatic heterocycles. The molecule has 0 radical (unpaired) electrons. The summed E-state index contributed by atoms with van der Waals surface area (Å²) < 4.78 is 0.798. The average Bonchev–Trinajstić information content (AvgIpc) is 3.47. The molecule has 154 valence electrons. The largest absolute Gasteiger partial charge is 0.507 e. The van der Waals surface area contributed by atoms with Crippen LogP contribution in [0.4, 0.5) is 5.13 Å². The summed E-state index contributed by atoms with van der Waals surface area (Å²) in [4.78, 5) is 32.8. The fraction of sp³-hybridized carbons (Fsp3) is 0.0455. The van der Waals surface area contributed by atoms with Crippen molar-refractivity contribution >= 4 is 78.7 Å². The number of benzene rings is 2. The molecule has 5 nitrogen and oxygen atoms in total. The molecule has 1 aliphatic heterocycles. The molecule has 1 unspecified atom stereocenters. The van der Waals surface area contributed by atoms with Gasteiger partial charge < -0.3 is 5.11 Å². The Hall–Kier alpha value is -2.71. The lowest BCUT2D eigenvalue weighted by atomic mass is 10.00. The number of amides is 1. The van der Waals surface area contributed by atoms with Crippen LogP contribution >= 0.6 is 45.9 Å². The second-order valence-corrected chi connectivity index (χ2v) is 9.66. The molecule has 0 bridgehead atoms. The number of hydrogen-bond donors (Lipinski definition) is 1. The number of aliphatic hydroxyl groups excluding tert-OH is 1. The summed E-state index contributed by atoms with van der Waals surface area (Å²) in [5.41, 5.74) is 1.10. The number of fused-ring (bicyclic) bond motifs is 1. The summed E-state index contributed by atoms with van der Waals surface area (Å²) in [6, 6.07) is 14.6. The van der Waals surface area contributed by atoms with Crippen LogP contribution in [0.5, 0.6) is 0 Å². The molecular formula is C22H12Cl2N2O3S2. The minimum absolute atomic E-state index is 0.0204. The third-order valence-corrected chi connectivity index (χ3v) is 7.35. The summed E-state index contributed by atoms with van der Waals surface area (Å²) in [5, 5.41) is 14.3. The van der Waals surface area contributed by atoms with E-state index in [-0.39, 0.29) is 11.3 Å². The summed E-state index contributed by atoms with van der Waals surface area (Å²) in [6.45, 7) is 0. The quantitative estimate of drug-likeness (QED) is 0.210. The third kappa shape index (κ3) is 3.43. The smallest absolute Gasteiger partial charge is 0.301 e. The molecule has 1 aliphatic rings. The number of carbonyl (C=O) groups excluding carboxylic acids is 2. The van der Waals surface area contributed by atoms with Gasteiger partial charge in [0.2, 0.25) is 0 Å². The van der Waals surface area contributed by atoms with Crippen molar-refractivity contribution < 1.29 is 14.7 Å². The maximum absolute atomic E-state index is 13.1. The van der Waals surface area contributed by atoms with Crippen LogP contribution < -0.4 is 4.90 Å². The van der Waals surface area contributed by atoms with Gasteiger partial charge in [-0.05, 0) is 53.9 Å². The van der Waals surface area contributed by atoms with Gasteiger partial charge in [0.15, 0.2) is 5.13 Å². The highest BCUT2D eigenvalue weighted by Gasteiger charge is 2.48. The first-order valence-electron chi connectivity index (χ1n) is 9.10. The Kier molecular flexibility index (Phi) is 5.06. The molecule has 5 rings (SSSR count). The van der Waals surface area contributed by atoms with Gasteiger partial charge in [-0.3, -0.25) is 14.5 Å². The fourth-order valence-corrected chi connectivity index (χ4v) is 5.72. The Balaban J connectivity index is 1.71. The standard InChI is InChI=1S/C22H12Cl2N2O3S2/c23-12-5-3-11(4-6-12)19(27)17-18(15-2-1-9-30-15)26(21(29)20(17)28)22-25-14-8-7-13(24)10-16(14)31-22/h1-10,18,27H/b19-17+. The molecule has 1 atom stereocenters. The molecule has 4 aromatic rings. The highest BCUT2D eigenvalue weighted by molar-refractivity contribution is 7.22. The van der Waals surface area contributed by atoms with Crippen molar-refractivity contribution in [3.8, 4) is 0 Å². The van der Waals surface area contributed by atoms with Crippen LogP contribution in [0, 0.1) is 0 Å². The molecule has 1 N–H and O–H groups in total. The van der Waals surface area contributed by atoms with Crippen LogP contribution in [0.3, 0.4) is 0 Å². The molecule has 0 aliphatic carbocycles. The second-order valence-electron chi connectivity index (χ2n) is 6.80. The first-order chi connectivity index (χ1) is 14.9. The Morgan fingerprint density at radius 2 is 1.77 bits per heavy atom.